The van der Waals surface area contributed by atoms with Crippen LogP contribution in [0.4, 0.5) is 0 Å². The third-order valence-electron chi connectivity index (χ3n) is 2.12. The van der Waals surface area contributed by atoms with E-state index in [4.69, 9.17) is 9.84 Å². The van der Waals surface area contributed by atoms with Crippen molar-refractivity contribution in [3.05, 3.63) is 29.8 Å². The van der Waals surface area contributed by atoms with Crippen molar-refractivity contribution in [1.82, 2.24) is 0 Å². The largest absolute Gasteiger partial charge is 0.494 e. The molecule has 1 aromatic carbocycles. The van der Waals surface area contributed by atoms with Crippen LogP contribution in [-0.4, -0.2) is 22.8 Å². The summed E-state index contributed by atoms with van der Waals surface area (Å²) in [4.78, 5) is 10.8. The summed E-state index contributed by atoms with van der Waals surface area (Å²) in [6.07, 6.45) is 0. The molecule has 4 nitrogen and oxygen atoms in total. The molecular weight excluding hydrogens is 196 g/mol. The summed E-state index contributed by atoms with van der Waals surface area (Å²) in [5.41, 5.74) is -1.58. The van der Waals surface area contributed by atoms with Gasteiger partial charge in [-0.05, 0) is 31.5 Å². The Morgan fingerprint density at radius 1 is 1.53 bits per heavy atom. The molecule has 1 rings (SSSR count). The van der Waals surface area contributed by atoms with Gasteiger partial charge in [-0.2, -0.15) is 0 Å². The van der Waals surface area contributed by atoms with Gasteiger partial charge in [-0.1, -0.05) is 12.1 Å². The quantitative estimate of drug-likeness (QED) is 0.787. The van der Waals surface area contributed by atoms with Crippen molar-refractivity contribution in [2.75, 3.05) is 6.61 Å². The highest BCUT2D eigenvalue weighted by molar-refractivity contribution is 5.78. The molecule has 2 N–H and O–H groups in total. The van der Waals surface area contributed by atoms with Gasteiger partial charge in [0, 0.05) is 0 Å². The summed E-state index contributed by atoms with van der Waals surface area (Å²) < 4.78 is 5.22. The van der Waals surface area contributed by atoms with Crippen LogP contribution >= 0.6 is 0 Å². The van der Waals surface area contributed by atoms with Gasteiger partial charge in [0.25, 0.3) is 0 Å². The maximum Gasteiger partial charge on any atom is 0.340 e. The average molecular weight is 210 g/mol. The lowest BCUT2D eigenvalue weighted by Gasteiger charge is -2.18. The van der Waals surface area contributed by atoms with Crippen LogP contribution in [0.5, 0.6) is 5.75 Å². The summed E-state index contributed by atoms with van der Waals surface area (Å²) in [7, 11) is 0. The smallest absolute Gasteiger partial charge is 0.340 e. The molecule has 0 aliphatic rings. The number of ether oxygens (including phenoxy) is 1. The van der Waals surface area contributed by atoms with E-state index in [1.165, 1.54) is 13.0 Å². The van der Waals surface area contributed by atoms with Crippen LogP contribution in [0.15, 0.2) is 24.3 Å². The monoisotopic (exact) mass is 210 g/mol. The first-order valence-electron chi connectivity index (χ1n) is 4.67. The molecule has 0 spiro atoms. The summed E-state index contributed by atoms with van der Waals surface area (Å²) >= 11 is 0. The second-order valence-electron chi connectivity index (χ2n) is 3.34. The lowest BCUT2D eigenvalue weighted by molar-refractivity contribution is -0.157. The molecule has 82 valence electrons. The molecule has 0 fully saturated rings. The molecule has 1 aromatic rings. The Morgan fingerprint density at radius 3 is 2.73 bits per heavy atom. The number of hydrogen-bond acceptors (Lipinski definition) is 3. The SMILES string of the molecule is CCOc1cccc([C@](C)(O)C(=O)O)c1. The van der Waals surface area contributed by atoms with Gasteiger partial charge in [0.2, 0.25) is 0 Å². The molecule has 15 heavy (non-hydrogen) atoms. The zero-order chi connectivity index (χ0) is 11.5. The standard InChI is InChI=1S/C11H14O4/c1-3-15-9-6-4-5-8(7-9)11(2,14)10(12)13/h4-7,14H,3H2,1-2H3,(H,12,13)/t11-/m0/s1. The molecule has 0 radical (unpaired) electrons. The van der Waals surface area contributed by atoms with Crippen molar-refractivity contribution >= 4 is 5.97 Å². The number of hydrogen-bond donors (Lipinski definition) is 2. The van der Waals surface area contributed by atoms with Gasteiger partial charge in [0.15, 0.2) is 5.60 Å². The van der Waals surface area contributed by atoms with E-state index in [0.29, 0.717) is 17.9 Å². The Hall–Kier alpha value is -1.55. The van der Waals surface area contributed by atoms with E-state index in [1.54, 1.807) is 18.2 Å². The molecular formula is C11H14O4. The van der Waals surface area contributed by atoms with Crippen LogP contribution in [0.3, 0.4) is 0 Å². The van der Waals surface area contributed by atoms with E-state index in [0.717, 1.165) is 0 Å². The lowest BCUT2D eigenvalue weighted by Crippen LogP contribution is -2.31. The molecule has 0 saturated heterocycles. The van der Waals surface area contributed by atoms with Gasteiger partial charge in [-0.15, -0.1) is 0 Å². The van der Waals surface area contributed by atoms with Gasteiger partial charge in [0.05, 0.1) is 6.61 Å². The normalized spacial score (nSPS) is 14.3. The van der Waals surface area contributed by atoms with E-state index in [1.807, 2.05) is 6.92 Å². The predicted molar refractivity (Wildman–Crippen MR) is 54.8 cm³/mol. The van der Waals surface area contributed by atoms with Crippen molar-refractivity contribution in [3.63, 3.8) is 0 Å². The van der Waals surface area contributed by atoms with E-state index < -0.39 is 11.6 Å². The van der Waals surface area contributed by atoms with Crippen LogP contribution < -0.4 is 4.74 Å². The zero-order valence-electron chi connectivity index (χ0n) is 8.73. The number of aliphatic carboxylic acids is 1. The molecule has 0 amide bonds. The Kier molecular flexibility index (Phi) is 3.31. The highest BCUT2D eigenvalue weighted by atomic mass is 16.5. The maximum atomic E-state index is 10.8. The van der Waals surface area contributed by atoms with E-state index in [-0.39, 0.29) is 0 Å². The van der Waals surface area contributed by atoms with Crippen LogP contribution in [0, 0.1) is 0 Å². The maximum absolute atomic E-state index is 10.8. The summed E-state index contributed by atoms with van der Waals surface area (Å²) in [6, 6.07) is 6.44. The Bertz CT molecular complexity index is 357. The Morgan fingerprint density at radius 2 is 2.20 bits per heavy atom. The topological polar surface area (TPSA) is 66.8 Å². The summed E-state index contributed by atoms with van der Waals surface area (Å²) in [6.45, 7) is 3.57. The number of carboxylic acids is 1. The Balaban J connectivity index is 3.04. The second-order valence-corrected chi connectivity index (χ2v) is 3.34. The number of benzene rings is 1. The molecule has 0 heterocycles. The van der Waals surface area contributed by atoms with Crippen molar-refractivity contribution in [1.29, 1.82) is 0 Å². The van der Waals surface area contributed by atoms with Crippen molar-refractivity contribution in [3.8, 4) is 5.75 Å². The molecule has 0 aromatic heterocycles. The molecule has 0 unspecified atom stereocenters. The van der Waals surface area contributed by atoms with Crippen LogP contribution in [-0.2, 0) is 10.4 Å². The number of rotatable bonds is 4. The highest BCUT2D eigenvalue weighted by Gasteiger charge is 2.32. The molecule has 4 heteroatoms. The molecule has 0 saturated carbocycles. The number of carboxylic acid groups (broad SMARTS) is 1. The lowest BCUT2D eigenvalue weighted by atomic mass is 9.96. The molecule has 0 aliphatic heterocycles. The fourth-order valence-electron chi connectivity index (χ4n) is 1.18. The molecule has 1 atom stereocenters. The fourth-order valence-corrected chi connectivity index (χ4v) is 1.18. The molecule has 0 aliphatic carbocycles. The zero-order valence-corrected chi connectivity index (χ0v) is 8.73. The van der Waals surface area contributed by atoms with Gasteiger partial charge >= 0.3 is 5.97 Å². The first-order valence-corrected chi connectivity index (χ1v) is 4.67. The van der Waals surface area contributed by atoms with Crippen molar-refractivity contribution in [2.45, 2.75) is 19.4 Å². The van der Waals surface area contributed by atoms with Crippen LogP contribution in [0.1, 0.15) is 19.4 Å². The van der Waals surface area contributed by atoms with Crippen LogP contribution in [0.25, 0.3) is 0 Å². The minimum absolute atomic E-state index is 0.306. The fraction of sp³-hybridized carbons (Fsp3) is 0.364. The predicted octanol–water partition coefficient (Wildman–Crippen LogP) is 1.38. The molecule has 0 bridgehead atoms. The minimum Gasteiger partial charge on any atom is -0.494 e. The van der Waals surface area contributed by atoms with Crippen molar-refractivity contribution in [2.24, 2.45) is 0 Å². The van der Waals surface area contributed by atoms with Gasteiger partial charge in [0.1, 0.15) is 5.75 Å². The first-order chi connectivity index (χ1) is 6.98. The van der Waals surface area contributed by atoms with E-state index in [9.17, 15) is 9.90 Å². The van der Waals surface area contributed by atoms with Crippen molar-refractivity contribution < 1.29 is 19.7 Å². The average Bonchev–Trinajstić information content (AvgIpc) is 2.18. The number of carbonyl (C=O) groups is 1. The van der Waals surface area contributed by atoms with Crippen LogP contribution in [0.2, 0.25) is 0 Å². The Labute approximate surface area is 88.1 Å². The van der Waals surface area contributed by atoms with E-state index >= 15 is 0 Å². The van der Waals surface area contributed by atoms with Gasteiger partial charge in [-0.3, -0.25) is 0 Å². The summed E-state index contributed by atoms with van der Waals surface area (Å²) in [5, 5.41) is 18.5. The first kappa shape index (κ1) is 11.5. The minimum atomic E-state index is -1.88. The van der Waals surface area contributed by atoms with Gasteiger partial charge in [-0.25, -0.2) is 4.79 Å². The highest BCUT2D eigenvalue weighted by Crippen LogP contribution is 2.24. The van der Waals surface area contributed by atoms with E-state index in [2.05, 4.69) is 0 Å². The third-order valence-corrected chi connectivity index (χ3v) is 2.12. The number of aliphatic hydroxyl groups is 1. The van der Waals surface area contributed by atoms with Gasteiger partial charge < -0.3 is 14.9 Å². The summed E-state index contributed by atoms with van der Waals surface area (Å²) in [5.74, 6) is -0.729. The second kappa shape index (κ2) is 4.31. The third kappa shape index (κ3) is 2.47.